The molecule has 3 nitrogen and oxygen atoms in total. The van der Waals surface area contributed by atoms with Gasteiger partial charge in [0.2, 0.25) is 0 Å². The van der Waals surface area contributed by atoms with Gasteiger partial charge < -0.3 is 5.32 Å². The first-order valence-electron chi connectivity index (χ1n) is 5.65. The van der Waals surface area contributed by atoms with Crippen LogP contribution in [0.1, 0.15) is 12.6 Å². The van der Waals surface area contributed by atoms with Gasteiger partial charge in [-0.2, -0.15) is 0 Å². The van der Waals surface area contributed by atoms with Crippen molar-refractivity contribution in [2.75, 3.05) is 11.9 Å². The Morgan fingerprint density at radius 2 is 1.89 bits per heavy atom. The molecule has 0 bridgehead atoms. The number of hydrogen-bond donors (Lipinski definition) is 1. The molecule has 0 aliphatic rings. The van der Waals surface area contributed by atoms with E-state index in [-0.39, 0.29) is 0 Å². The SMILES string of the molecule is CCNc1cc(C)nc(-c2ccc(Br)c(Br)c2)n1. The average molecular weight is 371 g/mol. The molecule has 18 heavy (non-hydrogen) atoms. The molecule has 0 saturated carbocycles. The lowest BCUT2D eigenvalue weighted by atomic mass is 10.2. The van der Waals surface area contributed by atoms with Gasteiger partial charge in [-0.05, 0) is 63.9 Å². The second kappa shape index (κ2) is 5.80. The molecular formula is C13H13Br2N3. The lowest BCUT2D eigenvalue weighted by Gasteiger charge is -2.07. The van der Waals surface area contributed by atoms with Gasteiger partial charge in [0.15, 0.2) is 5.82 Å². The standard InChI is InChI=1S/C13H13Br2N3/c1-3-16-12-6-8(2)17-13(18-12)9-4-5-10(14)11(15)7-9/h4-7H,3H2,1-2H3,(H,16,17,18). The number of aromatic nitrogens is 2. The van der Waals surface area contributed by atoms with E-state index in [1.165, 1.54) is 0 Å². The first-order chi connectivity index (χ1) is 8.60. The van der Waals surface area contributed by atoms with E-state index in [1.54, 1.807) is 0 Å². The topological polar surface area (TPSA) is 37.8 Å². The summed E-state index contributed by atoms with van der Waals surface area (Å²) in [4.78, 5) is 8.98. The van der Waals surface area contributed by atoms with E-state index < -0.39 is 0 Å². The molecule has 94 valence electrons. The first kappa shape index (κ1) is 13.5. The number of rotatable bonds is 3. The van der Waals surface area contributed by atoms with Crippen LogP contribution in [0.25, 0.3) is 11.4 Å². The second-order valence-electron chi connectivity index (χ2n) is 3.88. The van der Waals surface area contributed by atoms with E-state index in [9.17, 15) is 0 Å². The summed E-state index contributed by atoms with van der Waals surface area (Å²) in [6.07, 6.45) is 0. The Balaban J connectivity index is 2.46. The van der Waals surface area contributed by atoms with Gasteiger partial charge in [-0.3, -0.25) is 0 Å². The predicted octanol–water partition coefficient (Wildman–Crippen LogP) is 4.41. The molecule has 2 aromatic rings. The molecule has 0 amide bonds. The van der Waals surface area contributed by atoms with Crippen LogP contribution in [0, 0.1) is 6.92 Å². The molecule has 1 heterocycles. The average Bonchev–Trinajstić information content (AvgIpc) is 2.32. The Hall–Kier alpha value is -0.940. The van der Waals surface area contributed by atoms with Crippen LogP contribution in [0.3, 0.4) is 0 Å². The molecule has 0 aliphatic heterocycles. The molecule has 2 rings (SSSR count). The molecule has 0 spiro atoms. The fourth-order valence-electron chi connectivity index (χ4n) is 1.60. The number of benzene rings is 1. The molecule has 0 fully saturated rings. The Morgan fingerprint density at radius 3 is 2.56 bits per heavy atom. The highest BCUT2D eigenvalue weighted by molar-refractivity contribution is 9.13. The lowest BCUT2D eigenvalue weighted by Crippen LogP contribution is -2.02. The summed E-state index contributed by atoms with van der Waals surface area (Å²) in [6, 6.07) is 7.94. The molecule has 5 heteroatoms. The Kier molecular flexibility index (Phi) is 4.35. The largest absolute Gasteiger partial charge is 0.370 e. The zero-order valence-corrected chi connectivity index (χ0v) is 13.3. The summed E-state index contributed by atoms with van der Waals surface area (Å²) >= 11 is 6.95. The monoisotopic (exact) mass is 369 g/mol. The Labute approximate surface area is 123 Å². The summed E-state index contributed by atoms with van der Waals surface area (Å²) in [7, 11) is 0. The highest BCUT2D eigenvalue weighted by atomic mass is 79.9. The van der Waals surface area contributed by atoms with Crippen molar-refractivity contribution in [2.24, 2.45) is 0 Å². The number of hydrogen-bond acceptors (Lipinski definition) is 3. The summed E-state index contributed by atoms with van der Waals surface area (Å²) in [5, 5.41) is 3.21. The minimum atomic E-state index is 0.735. The van der Waals surface area contributed by atoms with E-state index in [0.717, 1.165) is 38.4 Å². The van der Waals surface area contributed by atoms with Crippen LogP contribution in [0.4, 0.5) is 5.82 Å². The fraction of sp³-hybridized carbons (Fsp3) is 0.231. The molecular weight excluding hydrogens is 358 g/mol. The number of nitrogens with zero attached hydrogens (tertiary/aromatic N) is 2. The normalized spacial score (nSPS) is 10.4. The van der Waals surface area contributed by atoms with Crippen LogP contribution in [0.5, 0.6) is 0 Å². The summed E-state index contributed by atoms with van der Waals surface area (Å²) in [5.41, 5.74) is 1.95. The summed E-state index contributed by atoms with van der Waals surface area (Å²) < 4.78 is 2.01. The van der Waals surface area contributed by atoms with E-state index in [0.29, 0.717) is 0 Å². The minimum absolute atomic E-state index is 0.735. The molecule has 0 unspecified atom stereocenters. The Bertz CT molecular complexity index is 570. The fourth-order valence-corrected chi connectivity index (χ4v) is 2.23. The molecule has 1 aromatic heterocycles. The van der Waals surface area contributed by atoms with Crippen molar-refractivity contribution in [2.45, 2.75) is 13.8 Å². The van der Waals surface area contributed by atoms with E-state index in [2.05, 4.69) is 47.1 Å². The zero-order valence-electron chi connectivity index (χ0n) is 10.2. The van der Waals surface area contributed by atoms with Crippen LogP contribution >= 0.6 is 31.9 Å². The van der Waals surface area contributed by atoms with Crippen LogP contribution in [0.15, 0.2) is 33.2 Å². The minimum Gasteiger partial charge on any atom is -0.370 e. The molecule has 1 N–H and O–H groups in total. The maximum Gasteiger partial charge on any atom is 0.161 e. The highest BCUT2D eigenvalue weighted by Crippen LogP contribution is 2.28. The molecule has 0 atom stereocenters. The zero-order chi connectivity index (χ0) is 13.1. The van der Waals surface area contributed by atoms with Crippen molar-refractivity contribution in [3.63, 3.8) is 0 Å². The van der Waals surface area contributed by atoms with Gasteiger partial charge in [-0.15, -0.1) is 0 Å². The summed E-state index contributed by atoms with van der Waals surface area (Å²) in [5.74, 6) is 1.60. The molecule has 0 saturated heterocycles. The van der Waals surface area contributed by atoms with Crippen LogP contribution in [-0.4, -0.2) is 16.5 Å². The van der Waals surface area contributed by atoms with Gasteiger partial charge in [0, 0.05) is 32.8 Å². The van der Waals surface area contributed by atoms with E-state index >= 15 is 0 Å². The van der Waals surface area contributed by atoms with Crippen LogP contribution < -0.4 is 5.32 Å². The van der Waals surface area contributed by atoms with Crippen molar-refractivity contribution in [1.82, 2.24) is 9.97 Å². The van der Waals surface area contributed by atoms with Crippen molar-refractivity contribution in [3.8, 4) is 11.4 Å². The van der Waals surface area contributed by atoms with Crippen molar-refractivity contribution < 1.29 is 0 Å². The summed E-state index contributed by atoms with van der Waals surface area (Å²) in [6.45, 7) is 4.87. The van der Waals surface area contributed by atoms with Crippen molar-refractivity contribution in [1.29, 1.82) is 0 Å². The van der Waals surface area contributed by atoms with Gasteiger partial charge >= 0.3 is 0 Å². The highest BCUT2D eigenvalue weighted by Gasteiger charge is 2.06. The molecule has 0 radical (unpaired) electrons. The predicted molar refractivity (Wildman–Crippen MR) is 81.8 cm³/mol. The second-order valence-corrected chi connectivity index (χ2v) is 5.59. The first-order valence-corrected chi connectivity index (χ1v) is 7.23. The third-order valence-electron chi connectivity index (χ3n) is 2.39. The van der Waals surface area contributed by atoms with Gasteiger partial charge in [0.1, 0.15) is 5.82 Å². The molecule has 1 aromatic carbocycles. The lowest BCUT2D eigenvalue weighted by molar-refractivity contribution is 1.08. The number of aryl methyl sites for hydroxylation is 1. The number of nitrogens with one attached hydrogen (secondary N) is 1. The van der Waals surface area contributed by atoms with Gasteiger partial charge in [-0.1, -0.05) is 0 Å². The quantitative estimate of drug-likeness (QED) is 0.869. The van der Waals surface area contributed by atoms with Gasteiger partial charge in [0.05, 0.1) is 0 Å². The van der Waals surface area contributed by atoms with Crippen LogP contribution in [-0.2, 0) is 0 Å². The smallest absolute Gasteiger partial charge is 0.161 e. The van der Waals surface area contributed by atoms with Crippen molar-refractivity contribution >= 4 is 37.7 Å². The van der Waals surface area contributed by atoms with Gasteiger partial charge in [0.25, 0.3) is 0 Å². The number of halogens is 2. The molecule has 0 aliphatic carbocycles. The van der Waals surface area contributed by atoms with Crippen molar-refractivity contribution in [3.05, 3.63) is 38.9 Å². The third kappa shape index (κ3) is 3.09. The third-order valence-corrected chi connectivity index (χ3v) is 4.27. The van der Waals surface area contributed by atoms with E-state index in [1.807, 2.05) is 38.1 Å². The maximum absolute atomic E-state index is 4.51. The number of anilines is 1. The van der Waals surface area contributed by atoms with Gasteiger partial charge in [-0.25, -0.2) is 9.97 Å². The van der Waals surface area contributed by atoms with Crippen LogP contribution in [0.2, 0.25) is 0 Å². The maximum atomic E-state index is 4.51. The Morgan fingerprint density at radius 1 is 1.11 bits per heavy atom. The van der Waals surface area contributed by atoms with E-state index in [4.69, 9.17) is 0 Å².